The van der Waals surface area contributed by atoms with Gasteiger partial charge in [-0.3, -0.25) is 0 Å². The van der Waals surface area contributed by atoms with Gasteiger partial charge in [-0.2, -0.15) is 5.48 Å². The molecule has 14 heavy (non-hydrogen) atoms. The summed E-state index contributed by atoms with van der Waals surface area (Å²) in [5.41, 5.74) is 4.74. The van der Waals surface area contributed by atoms with Crippen molar-refractivity contribution in [2.75, 3.05) is 6.61 Å². The molecule has 0 bridgehead atoms. The van der Waals surface area contributed by atoms with Crippen molar-refractivity contribution < 1.29 is 9.23 Å². The fraction of sp³-hybridized carbons (Fsp3) is 0.455. The number of hydrogen-bond donors (Lipinski definition) is 1. The SMILES string of the molecule is Cc1c(F)cccc1C[C@H]1CCON1. The minimum atomic E-state index is -0.124. The third-order valence-electron chi connectivity index (χ3n) is 2.66. The summed E-state index contributed by atoms with van der Waals surface area (Å²) >= 11 is 0. The van der Waals surface area contributed by atoms with Gasteiger partial charge in [0.15, 0.2) is 0 Å². The van der Waals surface area contributed by atoms with Gasteiger partial charge < -0.3 is 4.84 Å². The van der Waals surface area contributed by atoms with Crippen molar-refractivity contribution in [2.45, 2.75) is 25.8 Å². The first-order valence-corrected chi connectivity index (χ1v) is 4.88. The Bertz CT molecular complexity index is 321. The van der Waals surface area contributed by atoms with Gasteiger partial charge in [-0.05, 0) is 37.0 Å². The van der Waals surface area contributed by atoms with Crippen LogP contribution in [0.25, 0.3) is 0 Å². The van der Waals surface area contributed by atoms with Crippen LogP contribution in [0.15, 0.2) is 18.2 Å². The number of hydroxylamine groups is 1. The van der Waals surface area contributed by atoms with E-state index < -0.39 is 0 Å². The number of hydrogen-bond acceptors (Lipinski definition) is 2. The summed E-state index contributed by atoms with van der Waals surface area (Å²) in [5.74, 6) is -0.124. The summed E-state index contributed by atoms with van der Waals surface area (Å²) in [6, 6.07) is 5.55. The maximum absolute atomic E-state index is 13.2. The lowest BCUT2D eigenvalue weighted by molar-refractivity contribution is 0.0882. The molecule has 2 rings (SSSR count). The lowest BCUT2D eigenvalue weighted by Gasteiger charge is -2.11. The zero-order chi connectivity index (χ0) is 9.97. The first-order valence-electron chi connectivity index (χ1n) is 4.88. The molecule has 1 aromatic carbocycles. The van der Waals surface area contributed by atoms with Crippen molar-refractivity contribution in [1.29, 1.82) is 0 Å². The smallest absolute Gasteiger partial charge is 0.126 e. The minimum Gasteiger partial charge on any atom is -0.301 e. The van der Waals surface area contributed by atoms with Gasteiger partial charge in [-0.1, -0.05) is 12.1 Å². The van der Waals surface area contributed by atoms with E-state index in [1.165, 1.54) is 6.07 Å². The molecule has 1 atom stereocenters. The largest absolute Gasteiger partial charge is 0.301 e. The van der Waals surface area contributed by atoms with Crippen LogP contribution in [0.2, 0.25) is 0 Å². The van der Waals surface area contributed by atoms with Crippen LogP contribution < -0.4 is 5.48 Å². The highest BCUT2D eigenvalue weighted by Gasteiger charge is 2.16. The molecular formula is C11H14FNO. The fourth-order valence-electron chi connectivity index (χ4n) is 1.72. The van der Waals surface area contributed by atoms with Gasteiger partial charge in [0.2, 0.25) is 0 Å². The summed E-state index contributed by atoms with van der Waals surface area (Å²) in [5, 5.41) is 0. The molecule has 0 aromatic heterocycles. The average molecular weight is 195 g/mol. The second-order valence-electron chi connectivity index (χ2n) is 3.68. The van der Waals surface area contributed by atoms with Crippen molar-refractivity contribution in [3.8, 4) is 0 Å². The minimum absolute atomic E-state index is 0.124. The highest BCUT2D eigenvalue weighted by molar-refractivity contribution is 5.28. The molecular weight excluding hydrogens is 181 g/mol. The number of rotatable bonds is 2. The quantitative estimate of drug-likeness (QED) is 0.779. The van der Waals surface area contributed by atoms with Crippen molar-refractivity contribution >= 4 is 0 Å². The topological polar surface area (TPSA) is 21.3 Å². The summed E-state index contributed by atoms with van der Waals surface area (Å²) in [6.07, 6.45) is 1.83. The van der Waals surface area contributed by atoms with E-state index in [0.29, 0.717) is 6.04 Å². The Morgan fingerprint density at radius 1 is 1.57 bits per heavy atom. The van der Waals surface area contributed by atoms with E-state index in [1.54, 1.807) is 6.07 Å². The van der Waals surface area contributed by atoms with Crippen LogP contribution in [-0.2, 0) is 11.3 Å². The Kier molecular flexibility index (Phi) is 2.79. The van der Waals surface area contributed by atoms with E-state index in [9.17, 15) is 4.39 Å². The first-order chi connectivity index (χ1) is 6.77. The van der Waals surface area contributed by atoms with Gasteiger partial charge in [0.05, 0.1) is 6.61 Å². The summed E-state index contributed by atoms with van der Waals surface area (Å²) in [7, 11) is 0. The van der Waals surface area contributed by atoms with Crippen LogP contribution in [0, 0.1) is 12.7 Å². The highest BCUT2D eigenvalue weighted by Crippen LogP contribution is 2.16. The zero-order valence-corrected chi connectivity index (χ0v) is 8.22. The van der Waals surface area contributed by atoms with Crippen molar-refractivity contribution in [3.05, 3.63) is 35.1 Å². The van der Waals surface area contributed by atoms with E-state index >= 15 is 0 Å². The second kappa shape index (κ2) is 4.07. The molecule has 0 saturated carbocycles. The van der Waals surface area contributed by atoms with Crippen LogP contribution >= 0.6 is 0 Å². The fourth-order valence-corrected chi connectivity index (χ4v) is 1.72. The molecule has 3 heteroatoms. The van der Waals surface area contributed by atoms with Crippen molar-refractivity contribution in [1.82, 2.24) is 5.48 Å². The molecule has 0 spiro atoms. The van der Waals surface area contributed by atoms with Gasteiger partial charge in [0, 0.05) is 6.04 Å². The number of nitrogens with one attached hydrogen (secondary N) is 1. The van der Waals surface area contributed by atoms with Gasteiger partial charge in [0.25, 0.3) is 0 Å². The molecule has 76 valence electrons. The molecule has 1 fully saturated rings. The van der Waals surface area contributed by atoms with E-state index in [4.69, 9.17) is 4.84 Å². The van der Waals surface area contributed by atoms with E-state index in [0.717, 1.165) is 30.6 Å². The van der Waals surface area contributed by atoms with Crippen LogP contribution in [0.5, 0.6) is 0 Å². The molecule has 2 nitrogen and oxygen atoms in total. The van der Waals surface area contributed by atoms with Crippen LogP contribution in [-0.4, -0.2) is 12.6 Å². The first kappa shape index (κ1) is 9.62. The standard InChI is InChI=1S/C11H14FNO/c1-8-9(3-2-4-11(8)12)7-10-5-6-14-13-10/h2-4,10,13H,5-7H2,1H3/t10-/m1/s1. The molecule has 0 aliphatic carbocycles. The Hall–Kier alpha value is -0.930. The Morgan fingerprint density at radius 3 is 3.14 bits per heavy atom. The molecule has 0 radical (unpaired) electrons. The maximum atomic E-state index is 13.2. The summed E-state index contributed by atoms with van der Waals surface area (Å²) < 4.78 is 13.2. The maximum Gasteiger partial charge on any atom is 0.126 e. The Balaban J connectivity index is 2.11. The van der Waals surface area contributed by atoms with Crippen molar-refractivity contribution in [3.63, 3.8) is 0 Å². The summed E-state index contributed by atoms with van der Waals surface area (Å²) in [6.45, 7) is 2.57. The molecule has 1 aliphatic heterocycles. The Morgan fingerprint density at radius 2 is 2.43 bits per heavy atom. The molecule has 1 heterocycles. The van der Waals surface area contributed by atoms with E-state index in [-0.39, 0.29) is 5.82 Å². The van der Waals surface area contributed by atoms with Crippen molar-refractivity contribution in [2.24, 2.45) is 0 Å². The molecule has 1 aromatic rings. The predicted octanol–water partition coefficient (Wildman–Crippen LogP) is 1.97. The van der Waals surface area contributed by atoms with Gasteiger partial charge in [0.1, 0.15) is 5.82 Å². The normalized spacial score (nSPS) is 21.4. The van der Waals surface area contributed by atoms with Crippen LogP contribution in [0.1, 0.15) is 17.5 Å². The molecule has 0 unspecified atom stereocenters. The Labute approximate surface area is 83.0 Å². The van der Waals surface area contributed by atoms with Crippen LogP contribution in [0.3, 0.4) is 0 Å². The van der Waals surface area contributed by atoms with E-state index in [1.807, 2.05) is 13.0 Å². The number of halogens is 1. The molecule has 1 aliphatic rings. The average Bonchev–Trinajstić information content (AvgIpc) is 2.66. The number of benzene rings is 1. The van der Waals surface area contributed by atoms with Gasteiger partial charge >= 0.3 is 0 Å². The predicted molar refractivity (Wildman–Crippen MR) is 52.3 cm³/mol. The lowest BCUT2D eigenvalue weighted by Crippen LogP contribution is -2.23. The molecule has 0 amide bonds. The third-order valence-corrected chi connectivity index (χ3v) is 2.66. The second-order valence-corrected chi connectivity index (χ2v) is 3.68. The monoisotopic (exact) mass is 195 g/mol. The van der Waals surface area contributed by atoms with E-state index in [2.05, 4.69) is 5.48 Å². The highest BCUT2D eigenvalue weighted by atomic mass is 19.1. The zero-order valence-electron chi connectivity index (χ0n) is 8.22. The summed E-state index contributed by atoms with van der Waals surface area (Å²) in [4.78, 5) is 5.06. The molecule has 1 saturated heterocycles. The van der Waals surface area contributed by atoms with Gasteiger partial charge in [-0.25, -0.2) is 4.39 Å². The van der Waals surface area contributed by atoms with Crippen LogP contribution in [0.4, 0.5) is 4.39 Å². The lowest BCUT2D eigenvalue weighted by atomic mass is 10.00. The molecule has 1 N–H and O–H groups in total. The van der Waals surface area contributed by atoms with Gasteiger partial charge in [-0.15, -0.1) is 0 Å². The third kappa shape index (κ3) is 1.94.